The van der Waals surface area contributed by atoms with Gasteiger partial charge in [0.15, 0.2) is 0 Å². The van der Waals surface area contributed by atoms with Crippen molar-refractivity contribution in [1.82, 2.24) is 0 Å². The Hall–Kier alpha value is -3.47. The Morgan fingerprint density at radius 3 is 1.81 bits per heavy atom. The van der Waals surface area contributed by atoms with E-state index in [1.807, 2.05) is 30.3 Å². The van der Waals surface area contributed by atoms with Gasteiger partial charge in [-0.1, -0.05) is 30.3 Å². The van der Waals surface area contributed by atoms with E-state index in [0.29, 0.717) is 11.4 Å². The molecule has 3 rings (SSSR count). The molecule has 1 atom stereocenters. The SMILES string of the molecule is COc1ccc(NC(=O)[C@@H](Oc2ccc(OC)cc2)c2ccccc2)cc1. The van der Waals surface area contributed by atoms with Crippen LogP contribution in [-0.2, 0) is 4.79 Å². The number of amides is 1. The van der Waals surface area contributed by atoms with Crippen molar-refractivity contribution in [2.45, 2.75) is 6.10 Å². The molecule has 5 nitrogen and oxygen atoms in total. The molecule has 0 aromatic heterocycles. The molecule has 0 saturated carbocycles. The molecule has 3 aromatic rings. The molecule has 5 heteroatoms. The van der Waals surface area contributed by atoms with Gasteiger partial charge >= 0.3 is 0 Å². The summed E-state index contributed by atoms with van der Waals surface area (Å²) < 4.78 is 16.3. The lowest BCUT2D eigenvalue weighted by Gasteiger charge is -2.19. The number of carbonyl (C=O) groups is 1. The summed E-state index contributed by atoms with van der Waals surface area (Å²) in [5.41, 5.74) is 1.43. The maximum Gasteiger partial charge on any atom is 0.270 e. The second-order valence-electron chi connectivity index (χ2n) is 5.80. The average molecular weight is 363 g/mol. The van der Waals surface area contributed by atoms with Crippen molar-refractivity contribution < 1.29 is 19.0 Å². The van der Waals surface area contributed by atoms with Gasteiger partial charge in [-0.15, -0.1) is 0 Å². The smallest absolute Gasteiger partial charge is 0.270 e. The maximum atomic E-state index is 12.9. The molecule has 27 heavy (non-hydrogen) atoms. The molecular weight excluding hydrogens is 342 g/mol. The summed E-state index contributed by atoms with van der Waals surface area (Å²) in [4.78, 5) is 12.9. The number of benzene rings is 3. The third kappa shape index (κ3) is 4.79. The molecule has 0 radical (unpaired) electrons. The van der Waals surface area contributed by atoms with E-state index in [2.05, 4.69) is 5.32 Å². The van der Waals surface area contributed by atoms with Gasteiger partial charge in [-0.05, 0) is 48.5 Å². The van der Waals surface area contributed by atoms with Gasteiger partial charge < -0.3 is 19.5 Å². The normalized spacial score (nSPS) is 11.3. The van der Waals surface area contributed by atoms with Crippen LogP contribution in [-0.4, -0.2) is 20.1 Å². The van der Waals surface area contributed by atoms with Crippen LogP contribution >= 0.6 is 0 Å². The van der Waals surface area contributed by atoms with Gasteiger partial charge in [-0.25, -0.2) is 0 Å². The zero-order valence-electron chi connectivity index (χ0n) is 15.2. The van der Waals surface area contributed by atoms with Crippen molar-refractivity contribution >= 4 is 11.6 Å². The highest BCUT2D eigenvalue weighted by atomic mass is 16.5. The molecule has 138 valence electrons. The van der Waals surface area contributed by atoms with E-state index in [1.165, 1.54) is 0 Å². The maximum absolute atomic E-state index is 12.9. The Kier molecular flexibility index (Phi) is 5.94. The Bertz CT molecular complexity index is 861. The third-order valence-electron chi connectivity index (χ3n) is 4.01. The molecule has 0 aliphatic heterocycles. The van der Waals surface area contributed by atoms with E-state index in [4.69, 9.17) is 14.2 Å². The van der Waals surface area contributed by atoms with Crippen LogP contribution in [0.2, 0.25) is 0 Å². The van der Waals surface area contributed by atoms with Crippen LogP contribution in [0.4, 0.5) is 5.69 Å². The molecule has 0 unspecified atom stereocenters. The summed E-state index contributed by atoms with van der Waals surface area (Å²) in [6.45, 7) is 0. The average Bonchev–Trinajstić information content (AvgIpc) is 2.73. The minimum Gasteiger partial charge on any atom is -0.497 e. The Morgan fingerprint density at radius 2 is 1.26 bits per heavy atom. The zero-order valence-corrected chi connectivity index (χ0v) is 15.2. The first-order valence-electron chi connectivity index (χ1n) is 8.50. The van der Waals surface area contributed by atoms with E-state index in [1.54, 1.807) is 62.8 Å². The number of ether oxygens (including phenoxy) is 3. The number of rotatable bonds is 7. The van der Waals surface area contributed by atoms with Crippen LogP contribution < -0.4 is 19.5 Å². The summed E-state index contributed by atoms with van der Waals surface area (Å²) in [5, 5.41) is 2.89. The van der Waals surface area contributed by atoms with Crippen molar-refractivity contribution in [2.24, 2.45) is 0 Å². The quantitative estimate of drug-likeness (QED) is 0.673. The standard InChI is InChI=1S/C22H21NO4/c1-25-18-10-8-17(9-11-18)23-22(24)21(16-6-4-3-5-7-16)27-20-14-12-19(26-2)13-15-20/h3-15,21H,1-2H3,(H,23,24)/t21-/m0/s1. The van der Waals surface area contributed by atoms with Crippen molar-refractivity contribution in [3.63, 3.8) is 0 Å². The van der Waals surface area contributed by atoms with Gasteiger partial charge in [0, 0.05) is 11.3 Å². The first-order chi connectivity index (χ1) is 13.2. The van der Waals surface area contributed by atoms with Crippen LogP contribution in [0.25, 0.3) is 0 Å². The highest BCUT2D eigenvalue weighted by Gasteiger charge is 2.23. The summed E-state index contributed by atoms with van der Waals surface area (Å²) in [6, 6.07) is 23.6. The summed E-state index contributed by atoms with van der Waals surface area (Å²) in [6.07, 6.45) is -0.790. The van der Waals surface area contributed by atoms with Gasteiger partial charge in [-0.3, -0.25) is 4.79 Å². The van der Waals surface area contributed by atoms with Crippen LogP contribution in [0.5, 0.6) is 17.2 Å². The van der Waals surface area contributed by atoms with Crippen LogP contribution in [0.15, 0.2) is 78.9 Å². The monoisotopic (exact) mass is 363 g/mol. The van der Waals surface area contributed by atoms with Crippen molar-refractivity contribution in [3.05, 3.63) is 84.4 Å². The lowest BCUT2D eigenvalue weighted by Crippen LogP contribution is -2.25. The minimum absolute atomic E-state index is 0.262. The number of nitrogens with one attached hydrogen (secondary N) is 1. The van der Waals surface area contributed by atoms with E-state index >= 15 is 0 Å². The molecule has 0 saturated heterocycles. The molecule has 1 N–H and O–H groups in total. The number of anilines is 1. The van der Waals surface area contributed by atoms with Crippen molar-refractivity contribution in [3.8, 4) is 17.2 Å². The van der Waals surface area contributed by atoms with Crippen LogP contribution in [0, 0.1) is 0 Å². The molecule has 0 heterocycles. The second kappa shape index (κ2) is 8.76. The molecule has 0 spiro atoms. The molecule has 3 aromatic carbocycles. The van der Waals surface area contributed by atoms with Crippen molar-refractivity contribution in [1.29, 1.82) is 0 Å². The van der Waals surface area contributed by atoms with Gasteiger partial charge in [0.25, 0.3) is 5.91 Å². The molecule has 0 bridgehead atoms. The van der Waals surface area contributed by atoms with Crippen molar-refractivity contribution in [2.75, 3.05) is 19.5 Å². The molecule has 1 amide bonds. The second-order valence-corrected chi connectivity index (χ2v) is 5.80. The molecular formula is C22H21NO4. The number of hydrogen-bond acceptors (Lipinski definition) is 4. The lowest BCUT2D eigenvalue weighted by atomic mass is 10.1. The van der Waals surface area contributed by atoms with Gasteiger partial charge in [-0.2, -0.15) is 0 Å². The zero-order chi connectivity index (χ0) is 19.1. The number of hydrogen-bond donors (Lipinski definition) is 1. The summed E-state index contributed by atoms with van der Waals surface area (Å²) in [5.74, 6) is 1.76. The molecule has 0 fully saturated rings. The molecule has 0 aliphatic carbocycles. The number of methoxy groups -OCH3 is 2. The third-order valence-corrected chi connectivity index (χ3v) is 4.01. The van der Waals surface area contributed by atoms with E-state index in [-0.39, 0.29) is 5.91 Å². The minimum atomic E-state index is -0.790. The predicted molar refractivity (Wildman–Crippen MR) is 104 cm³/mol. The topological polar surface area (TPSA) is 56.8 Å². The number of carbonyl (C=O) groups excluding carboxylic acids is 1. The van der Waals surface area contributed by atoms with Crippen LogP contribution in [0.3, 0.4) is 0 Å². The van der Waals surface area contributed by atoms with E-state index in [0.717, 1.165) is 17.1 Å². The Morgan fingerprint density at radius 1 is 0.741 bits per heavy atom. The van der Waals surface area contributed by atoms with Gasteiger partial charge in [0.2, 0.25) is 6.10 Å². The fourth-order valence-corrected chi connectivity index (χ4v) is 2.57. The molecule has 0 aliphatic rings. The first-order valence-corrected chi connectivity index (χ1v) is 8.50. The Balaban J connectivity index is 1.81. The Labute approximate surface area is 158 Å². The highest BCUT2D eigenvalue weighted by Crippen LogP contribution is 2.26. The summed E-state index contributed by atoms with van der Waals surface area (Å²) >= 11 is 0. The van der Waals surface area contributed by atoms with Gasteiger partial charge in [0.05, 0.1) is 14.2 Å². The summed E-state index contributed by atoms with van der Waals surface area (Å²) in [7, 11) is 3.20. The fourth-order valence-electron chi connectivity index (χ4n) is 2.57. The predicted octanol–water partition coefficient (Wildman–Crippen LogP) is 4.46. The van der Waals surface area contributed by atoms with E-state index in [9.17, 15) is 4.79 Å². The van der Waals surface area contributed by atoms with Crippen LogP contribution in [0.1, 0.15) is 11.7 Å². The highest BCUT2D eigenvalue weighted by molar-refractivity contribution is 5.95. The van der Waals surface area contributed by atoms with Gasteiger partial charge in [0.1, 0.15) is 17.2 Å². The lowest BCUT2D eigenvalue weighted by molar-refractivity contribution is -0.123. The van der Waals surface area contributed by atoms with E-state index < -0.39 is 6.10 Å². The first kappa shape index (κ1) is 18.3. The largest absolute Gasteiger partial charge is 0.497 e. The fraction of sp³-hybridized carbons (Fsp3) is 0.136.